The molecule has 0 amide bonds. The van der Waals surface area contributed by atoms with Crippen molar-refractivity contribution in [2.75, 3.05) is 47.7 Å². The minimum Gasteiger partial charge on any atom is -0.381 e. The Hall–Kier alpha value is 0.410. The van der Waals surface area contributed by atoms with Crippen LogP contribution in [0.25, 0.3) is 0 Å². The molecule has 0 N–H and O–H groups in total. The lowest BCUT2D eigenvalue weighted by molar-refractivity contribution is 0.0616. The van der Waals surface area contributed by atoms with Gasteiger partial charge in [0.05, 0.1) is 11.5 Å². The molecule has 4 rings (SSSR count). The summed E-state index contributed by atoms with van der Waals surface area (Å²) in [5.74, 6) is 8.44. The van der Waals surface area contributed by atoms with Crippen molar-refractivity contribution in [3.8, 4) is 0 Å². The Balaban J connectivity index is 0.000000208. The van der Waals surface area contributed by atoms with Crippen LogP contribution < -0.4 is 0 Å². The molecule has 186 valence electrons. The third-order valence-corrected chi connectivity index (χ3v) is 11.1. The van der Waals surface area contributed by atoms with Gasteiger partial charge in [-0.2, -0.15) is 11.8 Å². The first-order chi connectivity index (χ1) is 14.7. The zero-order chi connectivity index (χ0) is 23.1. The molecule has 0 saturated carbocycles. The molecule has 5 atom stereocenters. The molecule has 31 heavy (non-hydrogen) atoms. The van der Waals surface area contributed by atoms with E-state index in [9.17, 15) is 12.6 Å². The van der Waals surface area contributed by atoms with Gasteiger partial charge in [0.1, 0.15) is 0 Å². The van der Waals surface area contributed by atoms with Gasteiger partial charge in [0, 0.05) is 35.5 Å². The minimum atomic E-state index is -2.63. The summed E-state index contributed by atoms with van der Waals surface area (Å²) in [6, 6.07) is 0. The molecule has 0 radical (unpaired) electrons. The van der Waals surface area contributed by atoms with Gasteiger partial charge in [0.25, 0.3) is 0 Å². The van der Waals surface area contributed by atoms with E-state index in [1.165, 1.54) is 50.0 Å². The quantitative estimate of drug-likeness (QED) is 0.438. The fourth-order valence-corrected chi connectivity index (χ4v) is 8.50. The maximum atomic E-state index is 10.9. The van der Waals surface area contributed by atoms with E-state index in [-0.39, 0.29) is 0 Å². The Morgan fingerprint density at radius 1 is 0.839 bits per heavy atom. The SMILES string of the molecule is CC1CCCOC1.CC1CCCS(=O)(=O)C1.CC1CCCS(=O)C1.CC1CCCSC1. The first-order valence-corrected chi connectivity index (χ1v) is 16.8. The van der Waals surface area contributed by atoms with E-state index in [4.69, 9.17) is 4.74 Å². The van der Waals surface area contributed by atoms with E-state index in [2.05, 4.69) is 32.5 Å². The predicted molar refractivity (Wildman–Crippen MR) is 138 cm³/mol. The van der Waals surface area contributed by atoms with Crippen LogP contribution in [0.4, 0.5) is 0 Å². The van der Waals surface area contributed by atoms with Crippen LogP contribution >= 0.6 is 11.8 Å². The lowest BCUT2D eigenvalue weighted by atomic mass is 10.1. The summed E-state index contributed by atoms with van der Waals surface area (Å²) in [6.07, 6.45) is 9.95. The van der Waals surface area contributed by atoms with Crippen molar-refractivity contribution in [1.82, 2.24) is 0 Å². The molecule has 4 heterocycles. The molecule has 7 heteroatoms. The Morgan fingerprint density at radius 2 is 1.52 bits per heavy atom. The van der Waals surface area contributed by atoms with E-state index < -0.39 is 20.6 Å². The van der Waals surface area contributed by atoms with Crippen molar-refractivity contribution < 1.29 is 17.4 Å². The van der Waals surface area contributed by atoms with Gasteiger partial charge in [-0.1, -0.05) is 27.7 Å². The standard InChI is InChI=1S/C6H12O2S.C6H12OS.C6H12O.C6H12S/c1-6-3-2-4-9(7,8)5-6;1-6-3-2-4-8(7)5-6;2*1-6-3-2-4-7-5-6/h6H,2-5H2,1H3;6H,2-5H2,1H3;2*6H,2-5H2,1H3. The van der Waals surface area contributed by atoms with Crippen LogP contribution in [0, 0.1) is 23.7 Å². The predicted octanol–water partition coefficient (Wildman–Crippen LogP) is 5.58. The second-order valence-corrected chi connectivity index (χ2v) is 15.1. The minimum absolute atomic E-state index is 0.392. The molecule has 0 aromatic carbocycles. The Morgan fingerprint density at radius 3 is 1.84 bits per heavy atom. The first-order valence-electron chi connectivity index (χ1n) is 12.4. The molecule has 0 aromatic heterocycles. The third-order valence-electron chi connectivity index (χ3n) is 6.01. The summed E-state index contributed by atoms with van der Waals surface area (Å²) < 4.78 is 37.7. The zero-order valence-electron chi connectivity index (χ0n) is 20.5. The van der Waals surface area contributed by atoms with Crippen molar-refractivity contribution in [2.24, 2.45) is 23.7 Å². The van der Waals surface area contributed by atoms with Gasteiger partial charge >= 0.3 is 0 Å². The van der Waals surface area contributed by atoms with Crippen molar-refractivity contribution in [3.05, 3.63) is 0 Å². The highest BCUT2D eigenvalue weighted by atomic mass is 32.2. The van der Waals surface area contributed by atoms with Gasteiger partial charge in [-0.05, 0) is 86.5 Å². The average molecular weight is 497 g/mol. The van der Waals surface area contributed by atoms with E-state index >= 15 is 0 Å². The number of thioether (sulfide) groups is 1. The molecule has 4 nitrogen and oxygen atoms in total. The monoisotopic (exact) mass is 496 g/mol. The molecule has 4 fully saturated rings. The fourth-order valence-electron chi connectivity index (χ4n) is 4.13. The highest BCUT2D eigenvalue weighted by Gasteiger charge is 2.20. The van der Waals surface area contributed by atoms with Crippen molar-refractivity contribution in [1.29, 1.82) is 0 Å². The van der Waals surface area contributed by atoms with Crippen LogP contribution in [0.15, 0.2) is 0 Å². The Bertz CT molecular complexity index is 551. The highest BCUT2D eigenvalue weighted by Crippen LogP contribution is 2.21. The number of rotatable bonds is 0. The van der Waals surface area contributed by atoms with E-state index in [1.54, 1.807) is 0 Å². The maximum Gasteiger partial charge on any atom is 0.150 e. The van der Waals surface area contributed by atoms with Gasteiger partial charge in [0.2, 0.25) is 0 Å². The summed E-state index contributed by atoms with van der Waals surface area (Å²) in [5.41, 5.74) is 0. The van der Waals surface area contributed by atoms with Gasteiger partial charge < -0.3 is 4.74 Å². The lowest BCUT2D eigenvalue weighted by Crippen LogP contribution is -2.22. The molecule has 0 spiro atoms. The third kappa shape index (κ3) is 16.6. The second kappa shape index (κ2) is 16.9. The molecular formula is C24H48O4S3. The number of sulfone groups is 1. The van der Waals surface area contributed by atoms with Gasteiger partial charge in [0.15, 0.2) is 9.84 Å². The summed E-state index contributed by atoms with van der Waals surface area (Å²) >= 11 is 2.10. The molecule has 0 aromatic rings. The number of hydrogen-bond acceptors (Lipinski definition) is 5. The van der Waals surface area contributed by atoms with Crippen molar-refractivity contribution in [2.45, 2.75) is 79.1 Å². The molecule has 4 aliphatic heterocycles. The van der Waals surface area contributed by atoms with Crippen molar-refractivity contribution >= 4 is 32.4 Å². The van der Waals surface area contributed by atoms with Crippen LogP contribution in [-0.4, -0.2) is 60.4 Å². The van der Waals surface area contributed by atoms with Gasteiger partial charge in [-0.15, -0.1) is 0 Å². The Kier molecular flexibility index (Phi) is 16.1. The molecule has 5 unspecified atom stereocenters. The fraction of sp³-hybridized carbons (Fsp3) is 1.00. The van der Waals surface area contributed by atoms with Crippen LogP contribution in [0.1, 0.15) is 79.1 Å². The maximum absolute atomic E-state index is 10.9. The van der Waals surface area contributed by atoms with Gasteiger partial charge in [-0.3, -0.25) is 4.21 Å². The lowest BCUT2D eigenvalue weighted by Gasteiger charge is -2.16. The largest absolute Gasteiger partial charge is 0.381 e. The van der Waals surface area contributed by atoms with Crippen LogP contribution in [0.2, 0.25) is 0 Å². The smallest absolute Gasteiger partial charge is 0.150 e. The number of hydrogen-bond donors (Lipinski definition) is 0. The zero-order valence-corrected chi connectivity index (χ0v) is 22.9. The van der Waals surface area contributed by atoms with Crippen molar-refractivity contribution in [3.63, 3.8) is 0 Å². The van der Waals surface area contributed by atoms with E-state index in [0.717, 1.165) is 49.4 Å². The van der Waals surface area contributed by atoms with Crippen LogP contribution in [-0.2, 0) is 25.4 Å². The summed E-state index contributed by atoms with van der Waals surface area (Å²) in [4.78, 5) is 0. The molecule has 4 aliphatic rings. The highest BCUT2D eigenvalue weighted by molar-refractivity contribution is 7.99. The van der Waals surface area contributed by atoms with Gasteiger partial charge in [-0.25, -0.2) is 8.42 Å². The number of ether oxygens (including phenoxy) is 1. The van der Waals surface area contributed by atoms with E-state index in [0.29, 0.717) is 23.3 Å². The molecular weight excluding hydrogens is 448 g/mol. The second-order valence-electron chi connectivity index (χ2n) is 10.1. The average Bonchev–Trinajstić information content (AvgIpc) is 2.69. The molecule has 0 aliphatic carbocycles. The molecule has 4 saturated heterocycles. The van der Waals surface area contributed by atoms with Crippen LogP contribution in [0.3, 0.4) is 0 Å². The topological polar surface area (TPSA) is 60.4 Å². The normalized spacial score (nSPS) is 35.0. The summed E-state index contributed by atoms with van der Waals surface area (Å²) in [7, 11) is -3.10. The van der Waals surface area contributed by atoms with E-state index in [1.807, 2.05) is 6.92 Å². The first kappa shape index (κ1) is 29.4. The summed E-state index contributed by atoms with van der Waals surface area (Å²) in [5, 5.41) is 0. The molecule has 0 bridgehead atoms. The van der Waals surface area contributed by atoms with Crippen LogP contribution in [0.5, 0.6) is 0 Å². The Labute approximate surface area is 199 Å². The summed E-state index contributed by atoms with van der Waals surface area (Å²) in [6.45, 7) is 10.7.